The number of hydrogen-bond donors (Lipinski definition) is 2. The van der Waals surface area contributed by atoms with E-state index in [0.717, 1.165) is 0 Å². The van der Waals surface area contributed by atoms with Crippen LogP contribution in [0, 0.1) is 5.82 Å². The van der Waals surface area contributed by atoms with Crippen LogP contribution in [0.15, 0.2) is 22.7 Å². The molecule has 3 N–H and O–H groups in total. The summed E-state index contributed by atoms with van der Waals surface area (Å²) in [7, 11) is 0. The summed E-state index contributed by atoms with van der Waals surface area (Å²) in [5.74, 6) is -1.48. The van der Waals surface area contributed by atoms with Crippen LogP contribution in [0.5, 0.6) is 0 Å². The summed E-state index contributed by atoms with van der Waals surface area (Å²) in [5, 5.41) is 8.91. The summed E-state index contributed by atoms with van der Waals surface area (Å²) >= 11 is 3.16. The van der Waals surface area contributed by atoms with Crippen LogP contribution in [-0.2, 0) is 10.2 Å². The van der Waals surface area contributed by atoms with Gasteiger partial charge in [-0.15, -0.1) is 0 Å². The van der Waals surface area contributed by atoms with Crippen LogP contribution in [0.4, 0.5) is 4.39 Å². The Balaban J connectivity index is 2.40. The molecular weight excluding hydrogens is 277 g/mol. The van der Waals surface area contributed by atoms with Gasteiger partial charge in [0.05, 0.1) is 0 Å². The van der Waals surface area contributed by atoms with Gasteiger partial charge in [0.15, 0.2) is 0 Å². The minimum absolute atomic E-state index is 0.399. The van der Waals surface area contributed by atoms with Crippen molar-refractivity contribution in [3.8, 4) is 0 Å². The molecule has 2 rings (SSSR count). The van der Waals surface area contributed by atoms with Gasteiger partial charge in [-0.3, -0.25) is 4.79 Å². The van der Waals surface area contributed by atoms with Gasteiger partial charge in [-0.05, 0) is 30.5 Å². The fraction of sp³-hybridized carbons (Fsp3) is 0.364. The lowest BCUT2D eigenvalue weighted by atomic mass is 9.88. The van der Waals surface area contributed by atoms with Gasteiger partial charge in [0, 0.05) is 9.89 Å². The number of carboxylic acid groups (broad SMARTS) is 1. The van der Waals surface area contributed by atoms with Crippen molar-refractivity contribution in [2.24, 2.45) is 5.73 Å². The second-order valence-electron chi connectivity index (χ2n) is 4.10. The van der Waals surface area contributed by atoms with Crippen molar-refractivity contribution >= 4 is 21.9 Å². The van der Waals surface area contributed by atoms with Crippen LogP contribution in [0.2, 0.25) is 0 Å². The van der Waals surface area contributed by atoms with Crippen molar-refractivity contribution in [3.05, 3.63) is 34.1 Å². The molecule has 0 radical (unpaired) electrons. The summed E-state index contributed by atoms with van der Waals surface area (Å²) in [6.45, 7) is 0. The molecule has 1 aliphatic carbocycles. The second-order valence-corrected chi connectivity index (χ2v) is 5.01. The highest BCUT2D eigenvalue weighted by atomic mass is 79.9. The average molecular weight is 288 g/mol. The zero-order chi connectivity index (χ0) is 11.9. The number of aliphatic carboxylic acids is 1. The third kappa shape index (κ3) is 1.74. The molecule has 1 aromatic rings. The Kier molecular flexibility index (Phi) is 2.75. The van der Waals surface area contributed by atoms with Crippen LogP contribution in [0.25, 0.3) is 0 Å². The maximum atomic E-state index is 13.7. The fourth-order valence-corrected chi connectivity index (χ4v) is 2.35. The molecule has 1 aromatic carbocycles. The molecule has 1 unspecified atom stereocenters. The molecular formula is C11H11BrFNO2. The van der Waals surface area contributed by atoms with Gasteiger partial charge in [0.1, 0.15) is 11.9 Å². The van der Waals surface area contributed by atoms with E-state index in [0.29, 0.717) is 22.9 Å². The Morgan fingerprint density at radius 1 is 1.56 bits per heavy atom. The van der Waals surface area contributed by atoms with Gasteiger partial charge in [0.2, 0.25) is 0 Å². The molecule has 5 heteroatoms. The lowest BCUT2D eigenvalue weighted by Crippen LogP contribution is -2.42. The zero-order valence-electron chi connectivity index (χ0n) is 8.41. The highest BCUT2D eigenvalue weighted by Crippen LogP contribution is 2.51. The van der Waals surface area contributed by atoms with Gasteiger partial charge in [-0.2, -0.15) is 0 Å². The topological polar surface area (TPSA) is 63.3 Å². The number of carboxylic acids is 1. The average Bonchev–Trinajstić information content (AvgIpc) is 2.97. The maximum absolute atomic E-state index is 13.7. The molecule has 16 heavy (non-hydrogen) atoms. The van der Waals surface area contributed by atoms with Crippen LogP contribution >= 0.6 is 15.9 Å². The van der Waals surface area contributed by atoms with Crippen molar-refractivity contribution in [3.63, 3.8) is 0 Å². The van der Waals surface area contributed by atoms with Gasteiger partial charge in [0.25, 0.3) is 0 Å². The van der Waals surface area contributed by atoms with Crippen LogP contribution in [0.1, 0.15) is 18.4 Å². The Bertz CT molecular complexity index is 446. The van der Waals surface area contributed by atoms with Crippen LogP contribution < -0.4 is 5.73 Å². The maximum Gasteiger partial charge on any atom is 0.321 e. The standard InChI is InChI=1S/C11H11BrFNO2/c12-6-1-2-7(8(13)5-6)11(3-4-11)9(14)10(15)16/h1-2,5,9H,3-4,14H2,(H,15,16). The predicted molar refractivity (Wildman–Crippen MR) is 60.6 cm³/mol. The summed E-state index contributed by atoms with van der Waals surface area (Å²) in [6.07, 6.45) is 1.25. The van der Waals surface area contributed by atoms with Crippen molar-refractivity contribution in [1.82, 2.24) is 0 Å². The smallest absolute Gasteiger partial charge is 0.321 e. The largest absolute Gasteiger partial charge is 0.480 e. The molecule has 0 spiro atoms. The lowest BCUT2D eigenvalue weighted by molar-refractivity contribution is -0.139. The van der Waals surface area contributed by atoms with E-state index in [1.54, 1.807) is 12.1 Å². The quantitative estimate of drug-likeness (QED) is 0.894. The number of hydrogen-bond acceptors (Lipinski definition) is 2. The molecule has 0 aliphatic heterocycles. The Labute approximate surface area is 101 Å². The van der Waals surface area contributed by atoms with E-state index in [4.69, 9.17) is 10.8 Å². The molecule has 3 nitrogen and oxygen atoms in total. The molecule has 0 heterocycles. The summed E-state index contributed by atoms with van der Waals surface area (Å²) < 4.78 is 14.4. The van der Waals surface area contributed by atoms with Crippen LogP contribution in [0.3, 0.4) is 0 Å². The normalized spacial score (nSPS) is 19.2. The molecule has 1 saturated carbocycles. The van der Waals surface area contributed by atoms with Gasteiger partial charge < -0.3 is 10.8 Å². The fourth-order valence-electron chi connectivity index (χ4n) is 2.01. The van der Waals surface area contributed by atoms with Crippen molar-refractivity contribution in [1.29, 1.82) is 0 Å². The summed E-state index contributed by atoms with van der Waals surface area (Å²) in [5.41, 5.74) is 5.31. The van der Waals surface area contributed by atoms with E-state index >= 15 is 0 Å². The Morgan fingerprint density at radius 3 is 2.62 bits per heavy atom. The second kappa shape index (κ2) is 3.82. The van der Waals surface area contributed by atoms with Gasteiger partial charge >= 0.3 is 5.97 Å². The number of nitrogens with two attached hydrogens (primary N) is 1. The third-order valence-electron chi connectivity index (χ3n) is 3.12. The zero-order valence-corrected chi connectivity index (χ0v) is 10.00. The Morgan fingerprint density at radius 2 is 2.19 bits per heavy atom. The first-order chi connectivity index (χ1) is 7.47. The monoisotopic (exact) mass is 287 g/mol. The van der Waals surface area contributed by atoms with E-state index < -0.39 is 23.2 Å². The van der Waals surface area contributed by atoms with E-state index in [1.807, 2.05) is 0 Å². The Hall–Kier alpha value is -0.940. The van der Waals surface area contributed by atoms with Gasteiger partial charge in [-0.1, -0.05) is 22.0 Å². The van der Waals surface area contributed by atoms with E-state index in [-0.39, 0.29) is 0 Å². The number of halogens is 2. The first-order valence-electron chi connectivity index (χ1n) is 4.91. The molecule has 1 atom stereocenters. The van der Waals surface area contributed by atoms with Crippen molar-refractivity contribution < 1.29 is 14.3 Å². The van der Waals surface area contributed by atoms with E-state index in [2.05, 4.69) is 15.9 Å². The molecule has 0 amide bonds. The minimum atomic E-state index is -1.08. The third-order valence-corrected chi connectivity index (χ3v) is 3.61. The number of rotatable bonds is 3. The van der Waals surface area contributed by atoms with Gasteiger partial charge in [-0.25, -0.2) is 4.39 Å². The highest BCUT2D eigenvalue weighted by Gasteiger charge is 2.53. The van der Waals surface area contributed by atoms with E-state index in [9.17, 15) is 9.18 Å². The first-order valence-corrected chi connectivity index (χ1v) is 5.70. The predicted octanol–water partition coefficient (Wildman–Crippen LogP) is 2.03. The SMILES string of the molecule is NC(C(=O)O)C1(c2ccc(Br)cc2F)CC1. The molecule has 1 aliphatic rings. The summed E-state index contributed by atoms with van der Waals surface area (Å²) in [6, 6.07) is 3.61. The molecule has 0 saturated heterocycles. The van der Waals surface area contributed by atoms with E-state index in [1.165, 1.54) is 6.07 Å². The first kappa shape index (κ1) is 11.5. The molecule has 0 aromatic heterocycles. The van der Waals surface area contributed by atoms with Crippen LogP contribution in [-0.4, -0.2) is 17.1 Å². The highest BCUT2D eigenvalue weighted by molar-refractivity contribution is 9.10. The molecule has 86 valence electrons. The molecule has 0 bridgehead atoms. The van der Waals surface area contributed by atoms with Crippen molar-refractivity contribution in [2.45, 2.75) is 24.3 Å². The summed E-state index contributed by atoms with van der Waals surface area (Å²) in [4.78, 5) is 10.9. The van der Waals surface area contributed by atoms with Crippen molar-refractivity contribution in [2.75, 3.05) is 0 Å². The lowest BCUT2D eigenvalue weighted by Gasteiger charge is -2.20. The number of carbonyl (C=O) groups is 1. The minimum Gasteiger partial charge on any atom is -0.480 e. The molecule has 1 fully saturated rings. The number of benzene rings is 1.